The normalized spacial score (nSPS) is 11.3. The van der Waals surface area contributed by atoms with Gasteiger partial charge in [0.1, 0.15) is 18.2 Å². The molecule has 1 heterocycles. The Morgan fingerprint density at radius 2 is 1.71 bits per heavy atom. The molecule has 3 aromatic carbocycles. The van der Waals surface area contributed by atoms with E-state index in [0.717, 1.165) is 29.2 Å². The van der Waals surface area contributed by atoms with Crippen molar-refractivity contribution in [3.05, 3.63) is 95.3 Å². The fraction of sp³-hybridized carbons (Fsp3) is 0.240. The zero-order chi connectivity index (χ0) is 19.5. The molecule has 0 spiro atoms. The third-order valence-electron chi connectivity index (χ3n) is 5.08. The number of fused-ring (bicyclic) bond motifs is 1. The standard InChI is InChI=1S/C25H26N2O/c1-18(2)21-13-11-20(12-14-21)16-27-24-10-5-4-9-23(24)26-25(27)17-28-22-8-6-7-19(3)15-22/h4-15,18H,16-17H2,1-3H3. The van der Waals surface area contributed by atoms with Crippen LogP contribution in [0.4, 0.5) is 0 Å². The van der Waals surface area contributed by atoms with Gasteiger partial charge in [0.2, 0.25) is 0 Å². The highest BCUT2D eigenvalue weighted by atomic mass is 16.5. The van der Waals surface area contributed by atoms with Crippen LogP contribution in [0.5, 0.6) is 5.75 Å². The molecule has 3 heteroatoms. The number of hydrogen-bond donors (Lipinski definition) is 0. The number of rotatable bonds is 6. The van der Waals surface area contributed by atoms with E-state index in [4.69, 9.17) is 9.72 Å². The molecule has 0 aliphatic heterocycles. The molecule has 0 aliphatic carbocycles. The van der Waals surface area contributed by atoms with Crippen molar-refractivity contribution < 1.29 is 4.74 Å². The van der Waals surface area contributed by atoms with Crippen LogP contribution in [0.25, 0.3) is 11.0 Å². The number of ether oxygens (including phenoxy) is 1. The molecule has 4 aromatic rings. The monoisotopic (exact) mass is 370 g/mol. The van der Waals surface area contributed by atoms with Gasteiger partial charge in [-0.15, -0.1) is 0 Å². The molecule has 3 nitrogen and oxygen atoms in total. The van der Waals surface area contributed by atoms with Gasteiger partial charge < -0.3 is 9.30 Å². The molecule has 4 rings (SSSR count). The van der Waals surface area contributed by atoms with Crippen LogP contribution < -0.4 is 4.74 Å². The molecular formula is C25H26N2O. The summed E-state index contributed by atoms with van der Waals surface area (Å²) in [7, 11) is 0. The highest BCUT2D eigenvalue weighted by Crippen LogP contribution is 2.21. The first-order chi connectivity index (χ1) is 13.6. The average molecular weight is 370 g/mol. The Balaban J connectivity index is 1.63. The minimum absolute atomic E-state index is 0.447. The smallest absolute Gasteiger partial charge is 0.148 e. The van der Waals surface area contributed by atoms with E-state index in [0.29, 0.717) is 12.5 Å². The summed E-state index contributed by atoms with van der Waals surface area (Å²) in [5.74, 6) is 2.36. The molecule has 0 amide bonds. The molecule has 0 bridgehead atoms. The van der Waals surface area contributed by atoms with E-state index in [1.807, 2.05) is 18.2 Å². The van der Waals surface area contributed by atoms with E-state index >= 15 is 0 Å². The van der Waals surface area contributed by atoms with Crippen molar-refractivity contribution in [3.8, 4) is 5.75 Å². The lowest BCUT2D eigenvalue weighted by atomic mass is 10.0. The summed E-state index contributed by atoms with van der Waals surface area (Å²) in [6.45, 7) is 7.74. The number of para-hydroxylation sites is 2. The molecule has 0 saturated carbocycles. The summed E-state index contributed by atoms with van der Waals surface area (Å²) in [6, 6.07) is 25.3. The van der Waals surface area contributed by atoms with E-state index in [1.165, 1.54) is 16.7 Å². The molecule has 1 aromatic heterocycles. The number of hydrogen-bond acceptors (Lipinski definition) is 2. The highest BCUT2D eigenvalue weighted by Gasteiger charge is 2.12. The van der Waals surface area contributed by atoms with Gasteiger partial charge >= 0.3 is 0 Å². The number of aromatic nitrogens is 2. The molecule has 0 fully saturated rings. The van der Waals surface area contributed by atoms with Crippen molar-refractivity contribution in [1.82, 2.24) is 9.55 Å². The van der Waals surface area contributed by atoms with Crippen LogP contribution in [0, 0.1) is 6.92 Å². The zero-order valence-corrected chi connectivity index (χ0v) is 16.7. The van der Waals surface area contributed by atoms with Crippen LogP contribution in [-0.4, -0.2) is 9.55 Å². The van der Waals surface area contributed by atoms with E-state index in [1.54, 1.807) is 0 Å². The second-order valence-corrected chi connectivity index (χ2v) is 7.60. The fourth-order valence-electron chi connectivity index (χ4n) is 3.46. The molecule has 0 aliphatic rings. The van der Waals surface area contributed by atoms with Gasteiger partial charge in [0.05, 0.1) is 11.0 Å². The molecule has 0 N–H and O–H groups in total. The predicted molar refractivity (Wildman–Crippen MR) is 115 cm³/mol. The molecule has 0 atom stereocenters. The van der Waals surface area contributed by atoms with Crippen LogP contribution in [-0.2, 0) is 13.2 Å². The molecular weight excluding hydrogens is 344 g/mol. The van der Waals surface area contributed by atoms with Gasteiger partial charge in [0, 0.05) is 6.54 Å². The lowest BCUT2D eigenvalue weighted by Crippen LogP contribution is -2.08. The van der Waals surface area contributed by atoms with Crippen molar-refractivity contribution in [2.45, 2.75) is 39.8 Å². The Kier molecular flexibility index (Phi) is 5.16. The first-order valence-corrected chi connectivity index (χ1v) is 9.82. The first-order valence-electron chi connectivity index (χ1n) is 9.82. The third kappa shape index (κ3) is 3.94. The van der Waals surface area contributed by atoms with Crippen LogP contribution >= 0.6 is 0 Å². The van der Waals surface area contributed by atoms with Crippen molar-refractivity contribution in [3.63, 3.8) is 0 Å². The Morgan fingerprint density at radius 3 is 2.46 bits per heavy atom. The topological polar surface area (TPSA) is 27.1 Å². The van der Waals surface area contributed by atoms with Gasteiger partial charge in [0.25, 0.3) is 0 Å². The Bertz CT molecular complexity index is 1080. The predicted octanol–water partition coefficient (Wildman–Crippen LogP) is 6.10. The summed E-state index contributed by atoms with van der Waals surface area (Å²) in [4.78, 5) is 4.83. The van der Waals surface area contributed by atoms with Crippen LogP contribution in [0.2, 0.25) is 0 Å². The van der Waals surface area contributed by atoms with Gasteiger partial charge in [-0.25, -0.2) is 4.98 Å². The summed E-state index contributed by atoms with van der Waals surface area (Å²) in [5, 5.41) is 0. The van der Waals surface area contributed by atoms with E-state index in [-0.39, 0.29) is 0 Å². The number of imidazole rings is 1. The second kappa shape index (κ2) is 7.89. The van der Waals surface area contributed by atoms with Crippen molar-refractivity contribution >= 4 is 11.0 Å². The summed E-state index contributed by atoms with van der Waals surface area (Å²) < 4.78 is 8.31. The van der Waals surface area contributed by atoms with Crippen LogP contribution in [0.3, 0.4) is 0 Å². The molecule has 0 saturated heterocycles. The number of benzene rings is 3. The molecule has 0 radical (unpaired) electrons. The van der Waals surface area contributed by atoms with Gasteiger partial charge in [-0.3, -0.25) is 0 Å². The Hall–Kier alpha value is -3.07. The largest absolute Gasteiger partial charge is 0.486 e. The maximum atomic E-state index is 6.05. The summed E-state index contributed by atoms with van der Waals surface area (Å²) in [5.41, 5.74) is 5.96. The maximum Gasteiger partial charge on any atom is 0.148 e. The lowest BCUT2D eigenvalue weighted by molar-refractivity contribution is 0.291. The first kappa shape index (κ1) is 18.3. The molecule has 142 valence electrons. The van der Waals surface area contributed by atoms with Gasteiger partial charge in [-0.1, -0.05) is 62.4 Å². The Morgan fingerprint density at radius 1 is 0.929 bits per heavy atom. The van der Waals surface area contributed by atoms with Gasteiger partial charge in [-0.2, -0.15) is 0 Å². The molecule has 28 heavy (non-hydrogen) atoms. The SMILES string of the molecule is Cc1cccc(OCc2nc3ccccc3n2Cc2ccc(C(C)C)cc2)c1. The number of nitrogens with zero attached hydrogens (tertiary/aromatic N) is 2. The summed E-state index contributed by atoms with van der Waals surface area (Å²) in [6.07, 6.45) is 0. The minimum Gasteiger partial charge on any atom is -0.486 e. The van der Waals surface area contributed by atoms with E-state index < -0.39 is 0 Å². The van der Waals surface area contributed by atoms with Crippen LogP contribution in [0.1, 0.15) is 42.3 Å². The summed E-state index contributed by atoms with van der Waals surface area (Å²) >= 11 is 0. The van der Waals surface area contributed by atoms with Gasteiger partial charge in [-0.05, 0) is 53.8 Å². The molecule has 0 unspecified atom stereocenters. The van der Waals surface area contributed by atoms with Crippen LogP contribution in [0.15, 0.2) is 72.8 Å². The number of aryl methyl sites for hydroxylation is 1. The highest BCUT2D eigenvalue weighted by molar-refractivity contribution is 5.76. The average Bonchev–Trinajstić information content (AvgIpc) is 3.04. The Labute approximate surface area is 166 Å². The minimum atomic E-state index is 0.447. The zero-order valence-electron chi connectivity index (χ0n) is 16.7. The third-order valence-corrected chi connectivity index (χ3v) is 5.08. The van der Waals surface area contributed by atoms with Crippen molar-refractivity contribution in [1.29, 1.82) is 0 Å². The van der Waals surface area contributed by atoms with Crippen molar-refractivity contribution in [2.24, 2.45) is 0 Å². The van der Waals surface area contributed by atoms with Crippen molar-refractivity contribution in [2.75, 3.05) is 0 Å². The van der Waals surface area contributed by atoms with Gasteiger partial charge in [0.15, 0.2) is 0 Å². The van der Waals surface area contributed by atoms with E-state index in [2.05, 4.69) is 79.9 Å². The van der Waals surface area contributed by atoms with E-state index in [9.17, 15) is 0 Å². The lowest BCUT2D eigenvalue weighted by Gasteiger charge is -2.12. The fourth-order valence-corrected chi connectivity index (χ4v) is 3.46. The maximum absolute atomic E-state index is 6.05. The quantitative estimate of drug-likeness (QED) is 0.410. The second-order valence-electron chi connectivity index (χ2n) is 7.60.